The van der Waals surface area contributed by atoms with Crippen molar-refractivity contribution < 1.29 is 8.98 Å². The SMILES string of the molecule is CC1=c2oc3ccccc3c2=CN(C)B1c1cc(-c2ccccc2)c(C)c[n+]1C. The molecule has 0 radical (unpaired) electrons. The zero-order chi connectivity index (χ0) is 20.1. The molecule has 0 spiro atoms. The minimum Gasteiger partial charge on any atom is -0.457 e. The van der Waals surface area contributed by atoms with E-state index in [-0.39, 0.29) is 6.85 Å². The largest absolute Gasteiger partial charge is 0.457 e. The Kier molecular flexibility index (Phi) is 4.09. The molecule has 0 saturated heterocycles. The molecule has 0 N–H and O–H groups in total. The number of benzene rings is 2. The van der Waals surface area contributed by atoms with Crippen molar-refractivity contribution in [1.82, 2.24) is 4.81 Å². The molecule has 2 aromatic heterocycles. The van der Waals surface area contributed by atoms with Gasteiger partial charge in [0.2, 0.25) is 0 Å². The lowest BCUT2D eigenvalue weighted by Gasteiger charge is -2.24. The van der Waals surface area contributed by atoms with Crippen LogP contribution in [0.25, 0.3) is 33.8 Å². The van der Waals surface area contributed by atoms with Gasteiger partial charge in [-0.3, -0.25) is 0 Å². The van der Waals surface area contributed by atoms with Crippen LogP contribution < -0.4 is 20.8 Å². The predicted octanol–water partition coefficient (Wildman–Crippen LogP) is 2.52. The molecule has 29 heavy (non-hydrogen) atoms. The number of rotatable bonds is 2. The summed E-state index contributed by atoms with van der Waals surface area (Å²) < 4.78 is 8.52. The van der Waals surface area contributed by atoms with Crippen molar-refractivity contribution in [2.75, 3.05) is 7.05 Å². The summed E-state index contributed by atoms with van der Waals surface area (Å²) in [6, 6.07) is 21.2. The molecule has 2 aromatic carbocycles. The Morgan fingerprint density at radius 1 is 0.966 bits per heavy atom. The molecule has 3 nitrogen and oxygen atoms in total. The molecular weight excluding hydrogens is 355 g/mol. The molecule has 0 unspecified atom stereocenters. The van der Waals surface area contributed by atoms with Gasteiger partial charge in [-0.15, -0.1) is 0 Å². The molecule has 0 fully saturated rings. The number of aryl methyl sites for hydroxylation is 2. The first-order valence-corrected chi connectivity index (χ1v) is 10.0. The van der Waals surface area contributed by atoms with E-state index in [0.29, 0.717) is 0 Å². The van der Waals surface area contributed by atoms with Crippen molar-refractivity contribution in [2.45, 2.75) is 13.8 Å². The maximum Gasteiger partial charge on any atom is 0.402 e. The van der Waals surface area contributed by atoms with E-state index in [9.17, 15) is 0 Å². The Hall–Kier alpha value is -3.27. The first-order chi connectivity index (χ1) is 14.0. The third-order valence-corrected chi connectivity index (χ3v) is 6.02. The van der Waals surface area contributed by atoms with Gasteiger partial charge in [-0.05, 0) is 49.8 Å². The van der Waals surface area contributed by atoms with Crippen LogP contribution in [0.2, 0.25) is 0 Å². The number of hydrogen-bond acceptors (Lipinski definition) is 2. The zero-order valence-electron chi connectivity index (χ0n) is 17.3. The van der Waals surface area contributed by atoms with Crippen molar-refractivity contribution >= 4 is 35.1 Å². The Balaban J connectivity index is 1.74. The molecule has 3 heterocycles. The monoisotopic (exact) mass is 379 g/mol. The Morgan fingerprint density at radius 2 is 1.69 bits per heavy atom. The lowest BCUT2D eigenvalue weighted by Crippen LogP contribution is -2.62. The van der Waals surface area contributed by atoms with E-state index in [0.717, 1.165) is 11.0 Å². The van der Waals surface area contributed by atoms with E-state index >= 15 is 0 Å². The van der Waals surface area contributed by atoms with Crippen LogP contribution in [0.3, 0.4) is 0 Å². The Labute approximate surface area is 171 Å². The van der Waals surface area contributed by atoms with Crippen molar-refractivity contribution in [1.29, 1.82) is 0 Å². The van der Waals surface area contributed by atoms with E-state index < -0.39 is 0 Å². The summed E-state index contributed by atoms with van der Waals surface area (Å²) in [5, 5.41) is 2.35. The summed E-state index contributed by atoms with van der Waals surface area (Å²) in [6.07, 6.45) is 4.45. The maximum absolute atomic E-state index is 6.28. The van der Waals surface area contributed by atoms with Gasteiger partial charge >= 0.3 is 6.85 Å². The number of pyridine rings is 1. The highest BCUT2D eigenvalue weighted by molar-refractivity contribution is 6.85. The molecule has 0 atom stereocenters. The van der Waals surface area contributed by atoms with Gasteiger partial charge in [-0.25, -0.2) is 4.57 Å². The Morgan fingerprint density at radius 3 is 2.48 bits per heavy atom. The van der Waals surface area contributed by atoms with Gasteiger partial charge in [0.25, 0.3) is 0 Å². The number of aromatic nitrogens is 1. The van der Waals surface area contributed by atoms with E-state index in [2.05, 4.69) is 98.2 Å². The molecule has 5 rings (SSSR count). The van der Waals surface area contributed by atoms with Gasteiger partial charge < -0.3 is 9.23 Å². The van der Waals surface area contributed by atoms with E-state index in [4.69, 9.17) is 4.42 Å². The molecule has 0 saturated carbocycles. The molecule has 4 aromatic rings. The van der Waals surface area contributed by atoms with Crippen LogP contribution >= 0.6 is 0 Å². The molecular formula is C25H24BN2O+. The summed E-state index contributed by atoms with van der Waals surface area (Å²) in [6.45, 7) is 4.49. The maximum atomic E-state index is 6.28. The van der Waals surface area contributed by atoms with Gasteiger partial charge in [0.1, 0.15) is 18.0 Å². The first-order valence-electron chi connectivity index (χ1n) is 10.0. The highest BCUT2D eigenvalue weighted by atomic mass is 16.3. The van der Waals surface area contributed by atoms with E-state index in [1.807, 2.05) is 12.1 Å². The number of nitrogens with zero attached hydrogens (tertiary/aromatic N) is 2. The van der Waals surface area contributed by atoms with Gasteiger partial charge in [-0.1, -0.05) is 48.5 Å². The predicted molar refractivity (Wildman–Crippen MR) is 120 cm³/mol. The quantitative estimate of drug-likeness (QED) is 0.394. The second-order valence-electron chi connectivity index (χ2n) is 7.99. The topological polar surface area (TPSA) is 20.3 Å². The molecule has 0 bridgehead atoms. The van der Waals surface area contributed by atoms with Crippen LogP contribution in [0.1, 0.15) is 12.5 Å². The van der Waals surface area contributed by atoms with E-state index in [1.165, 1.54) is 38.4 Å². The highest BCUT2D eigenvalue weighted by Crippen LogP contribution is 2.22. The molecule has 142 valence electrons. The van der Waals surface area contributed by atoms with Gasteiger partial charge in [-0.2, -0.15) is 0 Å². The standard InChI is InChI=1S/C25H24BN2O/c1-17-15-27(3)24(14-21(17)19-10-6-5-7-11-19)26-18(2)25-22(16-28(26)4)20-12-8-9-13-23(20)29-25/h5-16H,1-4H3/q+1. The third-order valence-electron chi connectivity index (χ3n) is 6.02. The lowest BCUT2D eigenvalue weighted by molar-refractivity contribution is -0.654. The number of para-hydroxylation sites is 1. The number of fused-ring (bicyclic) bond motifs is 3. The normalized spacial score (nSPS) is 13.6. The summed E-state index contributed by atoms with van der Waals surface area (Å²) in [4.78, 5) is 2.30. The highest BCUT2D eigenvalue weighted by Gasteiger charge is 2.36. The van der Waals surface area contributed by atoms with Crippen LogP contribution in [0.5, 0.6) is 0 Å². The summed E-state index contributed by atoms with van der Waals surface area (Å²) in [5.74, 6) is 0. The molecule has 0 amide bonds. The summed E-state index contributed by atoms with van der Waals surface area (Å²) in [5.41, 5.74) is 8.21. The molecule has 1 aliphatic rings. The third kappa shape index (κ3) is 2.79. The fourth-order valence-electron chi connectivity index (χ4n) is 4.62. The van der Waals surface area contributed by atoms with Gasteiger partial charge in [0.05, 0.1) is 0 Å². The average molecular weight is 379 g/mol. The van der Waals surface area contributed by atoms with Crippen LogP contribution in [0.4, 0.5) is 0 Å². The summed E-state index contributed by atoms with van der Waals surface area (Å²) in [7, 11) is 4.29. The minimum atomic E-state index is 0.121. The van der Waals surface area contributed by atoms with Crippen molar-refractivity contribution in [3.05, 3.63) is 83.1 Å². The summed E-state index contributed by atoms with van der Waals surface area (Å²) >= 11 is 0. The van der Waals surface area contributed by atoms with Gasteiger partial charge in [0.15, 0.2) is 11.8 Å². The molecule has 1 aliphatic heterocycles. The second kappa shape index (κ2) is 6.66. The smallest absolute Gasteiger partial charge is 0.402 e. The lowest BCUT2D eigenvalue weighted by atomic mass is 9.50. The second-order valence-corrected chi connectivity index (χ2v) is 7.99. The molecule has 0 aliphatic carbocycles. The van der Waals surface area contributed by atoms with E-state index in [1.54, 1.807) is 0 Å². The van der Waals surface area contributed by atoms with Crippen LogP contribution in [0.15, 0.2) is 71.3 Å². The minimum absolute atomic E-state index is 0.121. The van der Waals surface area contributed by atoms with Crippen LogP contribution in [-0.4, -0.2) is 18.7 Å². The number of hydrogen-bond donors (Lipinski definition) is 0. The number of furan rings is 1. The Bertz CT molecular complexity index is 1360. The van der Waals surface area contributed by atoms with Crippen molar-refractivity contribution in [3.63, 3.8) is 0 Å². The fourth-order valence-corrected chi connectivity index (χ4v) is 4.62. The van der Waals surface area contributed by atoms with Gasteiger partial charge in [0, 0.05) is 22.2 Å². The van der Waals surface area contributed by atoms with Crippen molar-refractivity contribution in [3.8, 4) is 11.1 Å². The average Bonchev–Trinajstić information content (AvgIpc) is 3.09. The van der Waals surface area contributed by atoms with Crippen molar-refractivity contribution in [2.24, 2.45) is 7.05 Å². The first kappa shape index (κ1) is 17.8. The fraction of sp³-hybridized carbons (Fsp3) is 0.160. The zero-order valence-corrected chi connectivity index (χ0v) is 17.3. The van der Waals surface area contributed by atoms with Crippen LogP contribution in [0, 0.1) is 6.92 Å². The van der Waals surface area contributed by atoms with Crippen LogP contribution in [-0.2, 0) is 7.05 Å². The molecule has 4 heteroatoms.